The number of thioether (sulfide) groups is 1. The van der Waals surface area contributed by atoms with Crippen molar-refractivity contribution in [1.82, 2.24) is 14.8 Å². The van der Waals surface area contributed by atoms with Gasteiger partial charge in [0.25, 0.3) is 0 Å². The van der Waals surface area contributed by atoms with E-state index in [9.17, 15) is 4.79 Å². The van der Waals surface area contributed by atoms with Gasteiger partial charge in [-0.1, -0.05) is 67.0 Å². The number of nitrogens with zero attached hydrogens (tertiary/aromatic N) is 3. The molecule has 0 bridgehead atoms. The van der Waals surface area contributed by atoms with E-state index < -0.39 is 0 Å². The van der Waals surface area contributed by atoms with Crippen LogP contribution in [0.15, 0.2) is 65.8 Å². The lowest BCUT2D eigenvalue weighted by Crippen LogP contribution is -2.08. The van der Waals surface area contributed by atoms with Gasteiger partial charge in [-0.15, -0.1) is 10.2 Å². The van der Waals surface area contributed by atoms with Crippen LogP contribution in [0.4, 0.5) is 0 Å². The van der Waals surface area contributed by atoms with E-state index in [1.165, 1.54) is 18.9 Å². The van der Waals surface area contributed by atoms with Crippen LogP contribution < -0.4 is 9.47 Å². The number of carbonyl (C=O) groups excluding carboxylic acids is 1. The first-order chi connectivity index (χ1) is 17.3. The highest BCUT2D eigenvalue weighted by molar-refractivity contribution is 7.99. The Bertz CT molecular complexity index is 1410. The van der Waals surface area contributed by atoms with Crippen LogP contribution >= 0.6 is 35.0 Å². The summed E-state index contributed by atoms with van der Waals surface area (Å²) in [5.41, 5.74) is 3.18. The Kier molecular flexibility index (Phi) is 8.24. The van der Waals surface area contributed by atoms with Crippen molar-refractivity contribution >= 4 is 40.7 Å². The van der Waals surface area contributed by atoms with E-state index in [1.807, 2.05) is 28.8 Å². The number of halogens is 2. The highest BCUT2D eigenvalue weighted by Crippen LogP contribution is 2.36. The summed E-state index contributed by atoms with van der Waals surface area (Å²) in [6, 6.07) is 18.5. The van der Waals surface area contributed by atoms with E-state index in [4.69, 9.17) is 32.7 Å². The maximum atomic E-state index is 13.2. The molecule has 6 nitrogen and oxygen atoms in total. The van der Waals surface area contributed by atoms with Crippen LogP contribution in [-0.4, -0.2) is 40.5 Å². The number of carbonyl (C=O) groups is 1. The lowest BCUT2D eigenvalue weighted by atomic mass is 10.0. The Hall–Kier alpha value is -3.00. The number of hydrogen-bond donors (Lipinski definition) is 0. The van der Waals surface area contributed by atoms with Crippen LogP contribution in [0.25, 0.3) is 17.1 Å². The van der Waals surface area contributed by atoms with Crippen molar-refractivity contribution < 1.29 is 14.3 Å². The third-order valence-electron chi connectivity index (χ3n) is 5.64. The first-order valence-corrected chi connectivity index (χ1v) is 13.0. The van der Waals surface area contributed by atoms with Gasteiger partial charge in [0.1, 0.15) is 11.5 Å². The van der Waals surface area contributed by atoms with E-state index in [2.05, 4.69) is 30.1 Å². The van der Waals surface area contributed by atoms with Crippen LogP contribution in [-0.2, 0) is 0 Å². The second kappa shape index (κ2) is 11.4. The van der Waals surface area contributed by atoms with Crippen LogP contribution in [0.2, 0.25) is 10.0 Å². The molecular formula is C27H25Cl2N3O3S. The first-order valence-electron chi connectivity index (χ1n) is 11.2. The summed E-state index contributed by atoms with van der Waals surface area (Å²) in [4.78, 5) is 13.2. The molecule has 0 unspecified atom stereocenters. The van der Waals surface area contributed by atoms with E-state index in [-0.39, 0.29) is 17.5 Å². The standard InChI is InChI=1S/C27H25Cl2N3O3S/c1-16(2)19-7-5-6-8-23(19)32-26(20-11-9-17(28)13-22(20)29)30-31-27(32)36-15-24(33)21-14-18(34-3)10-12-25(21)35-4/h5-14,16H,15H2,1-4H3. The van der Waals surface area contributed by atoms with Gasteiger partial charge in [-0.05, 0) is 53.9 Å². The summed E-state index contributed by atoms with van der Waals surface area (Å²) in [7, 11) is 3.09. The maximum absolute atomic E-state index is 13.2. The van der Waals surface area contributed by atoms with E-state index in [1.54, 1.807) is 37.4 Å². The molecule has 4 rings (SSSR count). The molecule has 0 saturated heterocycles. The Labute approximate surface area is 224 Å². The molecular weight excluding hydrogens is 517 g/mol. The molecule has 0 spiro atoms. The predicted octanol–water partition coefficient (Wildman–Crippen LogP) is 7.36. The molecule has 1 aromatic heterocycles. The van der Waals surface area contributed by atoms with Crippen molar-refractivity contribution in [2.45, 2.75) is 24.9 Å². The average molecular weight is 542 g/mol. The van der Waals surface area contributed by atoms with Crippen molar-refractivity contribution in [3.8, 4) is 28.6 Å². The van der Waals surface area contributed by atoms with Gasteiger partial charge in [0.15, 0.2) is 16.8 Å². The van der Waals surface area contributed by atoms with Gasteiger partial charge >= 0.3 is 0 Å². The second-order valence-electron chi connectivity index (χ2n) is 8.26. The van der Waals surface area contributed by atoms with Gasteiger partial charge in [0.2, 0.25) is 0 Å². The Morgan fingerprint density at radius 1 is 1.00 bits per heavy atom. The predicted molar refractivity (Wildman–Crippen MR) is 146 cm³/mol. The van der Waals surface area contributed by atoms with Gasteiger partial charge < -0.3 is 9.47 Å². The molecule has 0 aliphatic rings. The summed E-state index contributed by atoms with van der Waals surface area (Å²) in [5, 5.41) is 10.5. The molecule has 0 fully saturated rings. The zero-order valence-electron chi connectivity index (χ0n) is 20.3. The monoisotopic (exact) mass is 541 g/mol. The smallest absolute Gasteiger partial charge is 0.196 e. The second-order valence-corrected chi connectivity index (χ2v) is 10.0. The quantitative estimate of drug-likeness (QED) is 0.163. The normalized spacial score (nSPS) is 11.1. The summed E-state index contributed by atoms with van der Waals surface area (Å²) < 4.78 is 12.6. The Balaban J connectivity index is 1.77. The van der Waals surface area contributed by atoms with Crippen molar-refractivity contribution in [3.05, 3.63) is 81.8 Å². The van der Waals surface area contributed by atoms with E-state index in [0.29, 0.717) is 43.7 Å². The van der Waals surface area contributed by atoms with Gasteiger partial charge in [-0.2, -0.15) is 0 Å². The van der Waals surface area contributed by atoms with E-state index >= 15 is 0 Å². The molecule has 0 aliphatic heterocycles. The van der Waals surface area contributed by atoms with Crippen molar-refractivity contribution in [3.63, 3.8) is 0 Å². The molecule has 9 heteroatoms. The van der Waals surface area contributed by atoms with Crippen molar-refractivity contribution in [2.24, 2.45) is 0 Å². The molecule has 36 heavy (non-hydrogen) atoms. The number of ketones is 1. The molecule has 3 aromatic carbocycles. The number of aromatic nitrogens is 3. The molecule has 0 N–H and O–H groups in total. The van der Waals surface area contributed by atoms with Crippen LogP contribution in [0.5, 0.6) is 11.5 Å². The minimum Gasteiger partial charge on any atom is -0.497 e. The number of rotatable bonds is 9. The largest absolute Gasteiger partial charge is 0.497 e. The third kappa shape index (κ3) is 5.38. The molecule has 0 atom stereocenters. The molecule has 0 amide bonds. The number of benzene rings is 3. The van der Waals surface area contributed by atoms with Crippen molar-refractivity contribution in [1.29, 1.82) is 0 Å². The van der Waals surface area contributed by atoms with Crippen LogP contribution in [0, 0.1) is 0 Å². The molecule has 0 aliphatic carbocycles. The summed E-state index contributed by atoms with van der Waals surface area (Å²) in [6.07, 6.45) is 0. The molecule has 186 valence electrons. The third-order valence-corrected chi connectivity index (χ3v) is 7.12. The first kappa shape index (κ1) is 26.1. The van der Waals surface area contributed by atoms with Crippen molar-refractivity contribution in [2.75, 3.05) is 20.0 Å². The molecule has 0 saturated carbocycles. The number of para-hydroxylation sites is 1. The molecule has 0 radical (unpaired) electrons. The lowest BCUT2D eigenvalue weighted by Gasteiger charge is -2.17. The Morgan fingerprint density at radius 3 is 2.47 bits per heavy atom. The van der Waals surface area contributed by atoms with Gasteiger partial charge in [0, 0.05) is 10.6 Å². The number of Topliss-reactive ketones (excluding diaryl/α,β-unsaturated/α-hetero) is 1. The van der Waals surface area contributed by atoms with Gasteiger partial charge in [-0.25, -0.2) is 0 Å². The highest BCUT2D eigenvalue weighted by atomic mass is 35.5. The maximum Gasteiger partial charge on any atom is 0.196 e. The average Bonchev–Trinajstić information content (AvgIpc) is 3.30. The van der Waals surface area contributed by atoms with Crippen LogP contribution in [0.1, 0.15) is 35.7 Å². The number of ether oxygens (including phenoxy) is 2. The number of methoxy groups -OCH3 is 2. The van der Waals surface area contributed by atoms with E-state index in [0.717, 1.165) is 11.3 Å². The fraction of sp³-hybridized carbons (Fsp3) is 0.222. The van der Waals surface area contributed by atoms with Crippen LogP contribution in [0.3, 0.4) is 0 Å². The minimum atomic E-state index is -0.117. The van der Waals surface area contributed by atoms with Gasteiger partial charge in [0.05, 0.1) is 36.2 Å². The zero-order chi connectivity index (χ0) is 25.8. The fourth-order valence-corrected chi connectivity index (χ4v) is 5.17. The fourth-order valence-electron chi connectivity index (χ4n) is 3.85. The van der Waals surface area contributed by atoms with Gasteiger partial charge in [-0.3, -0.25) is 9.36 Å². The summed E-state index contributed by atoms with van der Waals surface area (Å²) in [5.74, 6) is 1.89. The lowest BCUT2D eigenvalue weighted by molar-refractivity contribution is 0.101. The zero-order valence-corrected chi connectivity index (χ0v) is 22.6. The highest BCUT2D eigenvalue weighted by Gasteiger charge is 2.23. The number of hydrogen-bond acceptors (Lipinski definition) is 6. The minimum absolute atomic E-state index is 0.117. The summed E-state index contributed by atoms with van der Waals surface area (Å²) >= 11 is 14.0. The molecule has 4 aromatic rings. The summed E-state index contributed by atoms with van der Waals surface area (Å²) in [6.45, 7) is 4.26. The Morgan fingerprint density at radius 2 is 1.78 bits per heavy atom. The SMILES string of the molecule is COc1ccc(OC)c(C(=O)CSc2nnc(-c3ccc(Cl)cc3Cl)n2-c2ccccc2C(C)C)c1. The molecule has 1 heterocycles. The topological polar surface area (TPSA) is 66.2 Å².